The molecule has 1 rings (SSSR count). The van der Waals surface area contributed by atoms with Crippen molar-refractivity contribution >= 4 is 18.1 Å². The highest BCUT2D eigenvalue weighted by atomic mass is 28.4. The van der Waals surface area contributed by atoms with Crippen LogP contribution in [-0.4, -0.2) is 52.1 Å². The van der Waals surface area contributed by atoms with Gasteiger partial charge in [-0.05, 0) is 32.8 Å². The molecule has 7 heteroatoms. The lowest BCUT2D eigenvalue weighted by Crippen LogP contribution is -2.45. The molecule has 236 valence electrons. The van der Waals surface area contributed by atoms with E-state index in [-0.39, 0.29) is 0 Å². The Morgan fingerprint density at radius 1 is 0.525 bits per heavy atom. The van der Waals surface area contributed by atoms with E-state index in [1.165, 1.54) is 108 Å². The molecule has 0 aromatic heterocycles. The second kappa shape index (κ2) is 29.9. The zero-order chi connectivity index (χ0) is 29.6. The first kappa shape index (κ1) is 39.5. The summed E-state index contributed by atoms with van der Waals surface area (Å²) >= 11 is 0. The Bertz CT molecular complexity index is 599. The maximum atomic E-state index is 5.93. The smallest absolute Gasteiger partial charge is 0.400 e. The standard InChI is InChI=1S/C24H52O3Si.C9H14O2Si/c1-5-9-10-11-12-13-14-15-16-17-18-19-20-21-22-23-24-28(25-6-2,26-7-3)27-8-4;1-10-12(11-2)8-9-6-4-3-5-7-9/h5-24H2,1-4H3;3-7,12H,8H2,1-2H3. The maximum Gasteiger partial charge on any atom is 0.500 e. The van der Waals surface area contributed by atoms with E-state index in [1.807, 2.05) is 39.0 Å². The van der Waals surface area contributed by atoms with Gasteiger partial charge in [0.25, 0.3) is 0 Å². The van der Waals surface area contributed by atoms with Crippen molar-refractivity contribution in [2.24, 2.45) is 0 Å². The van der Waals surface area contributed by atoms with Crippen LogP contribution in [0.25, 0.3) is 0 Å². The lowest BCUT2D eigenvalue weighted by Gasteiger charge is -2.28. The third-order valence-corrected chi connectivity index (χ3v) is 12.2. The average molecular weight is 599 g/mol. The molecule has 1 aromatic carbocycles. The quantitative estimate of drug-likeness (QED) is 0.0745. The van der Waals surface area contributed by atoms with Gasteiger partial charge in [-0.25, -0.2) is 0 Å². The van der Waals surface area contributed by atoms with E-state index < -0.39 is 18.1 Å². The van der Waals surface area contributed by atoms with Crippen LogP contribution in [0.4, 0.5) is 0 Å². The minimum Gasteiger partial charge on any atom is -0.400 e. The topological polar surface area (TPSA) is 46.2 Å². The van der Waals surface area contributed by atoms with Gasteiger partial charge in [-0.2, -0.15) is 0 Å². The minimum absolute atomic E-state index is 0.686. The molecule has 0 N–H and O–H groups in total. The van der Waals surface area contributed by atoms with Crippen molar-refractivity contribution in [1.29, 1.82) is 0 Å². The zero-order valence-corrected chi connectivity index (χ0v) is 29.5. The van der Waals surface area contributed by atoms with Crippen LogP contribution in [0.1, 0.15) is 136 Å². The van der Waals surface area contributed by atoms with Gasteiger partial charge in [-0.15, -0.1) is 0 Å². The van der Waals surface area contributed by atoms with E-state index in [1.54, 1.807) is 14.2 Å². The van der Waals surface area contributed by atoms with E-state index in [0.717, 1.165) is 12.1 Å². The predicted octanol–water partition coefficient (Wildman–Crippen LogP) is 9.58. The Morgan fingerprint density at radius 3 is 1.25 bits per heavy atom. The lowest BCUT2D eigenvalue weighted by atomic mass is 10.0. The van der Waals surface area contributed by atoms with Crippen molar-refractivity contribution < 1.29 is 22.1 Å². The molecule has 0 amide bonds. The van der Waals surface area contributed by atoms with Crippen LogP contribution in [0.5, 0.6) is 0 Å². The molecule has 0 atom stereocenters. The number of hydrogen-bond donors (Lipinski definition) is 0. The molecule has 0 radical (unpaired) electrons. The van der Waals surface area contributed by atoms with Crippen LogP contribution in [-0.2, 0) is 28.2 Å². The second-order valence-electron chi connectivity index (χ2n) is 10.6. The van der Waals surface area contributed by atoms with Gasteiger partial charge in [0.15, 0.2) is 0 Å². The van der Waals surface area contributed by atoms with E-state index in [2.05, 4.69) is 19.1 Å². The predicted molar refractivity (Wildman–Crippen MR) is 176 cm³/mol. The zero-order valence-electron chi connectivity index (χ0n) is 27.4. The Kier molecular flexibility index (Phi) is 29.5. The van der Waals surface area contributed by atoms with Crippen molar-refractivity contribution in [2.45, 2.75) is 143 Å². The molecular formula is C33H66O5Si2. The van der Waals surface area contributed by atoms with Gasteiger partial charge < -0.3 is 22.1 Å². The van der Waals surface area contributed by atoms with E-state index >= 15 is 0 Å². The normalized spacial score (nSPS) is 11.6. The summed E-state index contributed by atoms with van der Waals surface area (Å²) in [7, 11) is -0.398. The fraction of sp³-hybridized carbons (Fsp3) is 0.818. The van der Waals surface area contributed by atoms with Crippen molar-refractivity contribution in [3.05, 3.63) is 35.9 Å². The first-order valence-electron chi connectivity index (χ1n) is 16.6. The fourth-order valence-corrected chi connectivity index (χ4v) is 8.83. The Hall–Kier alpha value is -0.546. The van der Waals surface area contributed by atoms with Gasteiger partial charge in [0.1, 0.15) is 0 Å². The third kappa shape index (κ3) is 23.1. The molecule has 0 fully saturated rings. The molecule has 0 bridgehead atoms. The largest absolute Gasteiger partial charge is 0.500 e. The highest BCUT2D eigenvalue weighted by Gasteiger charge is 2.39. The Balaban J connectivity index is 0.00000104. The first-order valence-corrected chi connectivity index (χ1v) is 20.3. The summed E-state index contributed by atoms with van der Waals surface area (Å²) in [5.74, 6) is 0. The third-order valence-electron chi connectivity index (χ3n) is 7.20. The van der Waals surface area contributed by atoms with E-state index in [4.69, 9.17) is 22.1 Å². The van der Waals surface area contributed by atoms with Crippen molar-refractivity contribution in [1.82, 2.24) is 0 Å². The molecule has 5 nitrogen and oxygen atoms in total. The summed E-state index contributed by atoms with van der Waals surface area (Å²) in [6, 6.07) is 12.2. The molecule has 0 spiro atoms. The summed E-state index contributed by atoms with van der Waals surface area (Å²) in [4.78, 5) is 0. The summed E-state index contributed by atoms with van der Waals surface area (Å²) in [5, 5.41) is 0. The molecule has 0 aliphatic rings. The summed E-state index contributed by atoms with van der Waals surface area (Å²) in [6.07, 6.45) is 22.4. The van der Waals surface area contributed by atoms with E-state index in [9.17, 15) is 0 Å². The molecule has 0 saturated heterocycles. The first-order chi connectivity index (χ1) is 19.6. The molecule has 0 unspecified atom stereocenters. The van der Waals surface area contributed by atoms with Crippen LogP contribution >= 0.6 is 0 Å². The monoisotopic (exact) mass is 598 g/mol. The molecule has 0 heterocycles. The number of unbranched alkanes of at least 4 members (excludes halogenated alkanes) is 15. The lowest BCUT2D eigenvalue weighted by molar-refractivity contribution is 0.0706. The van der Waals surface area contributed by atoms with Gasteiger partial charge in [0, 0.05) is 46.1 Å². The molecule has 0 saturated carbocycles. The summed E-state index contributed by atoms with van der Waals surface area (Å²) < 4.78 is 28.2. The van der Waals surface area contributed by atoms with Crippen molar-refractivity contribution in [2.75, 3.05) is 34.0 Å². The van der Waals surface area contributed by atoms with Crippen molar-refractivity contribution in [3.8, 4) is 0 Å². The Labute approximate surface area is 252 Å². The van der Waals surface area contributed by atoms with Crippen LogP contribution in [0.15, 0.2) is 30.3 Å². The summed E-state index contributed by atoms with van der Waals surface area (Å²) in [6.45, 7) is 10.5. The highest BCUT2D eigenvalue weighted by molar-refractivity contribution is 6.60. The van der Waals surface area contributed by atoms with Crippen LogP contribution < -0.4 is 0 Å². The number of rotatable bonds is 27. The van der Waals surface area contributed by atoms with Gasteiger partial charge >= 0.3 is 18.1 Å². The molecule has 0 aliphatic heterocycles. The molecule has 40 heavy (non-hydrogen) atoms. The van der Waals surface area contributed by atoms with Gasteiger partial charge in [-0.3, -0.25) is 0 Å². The van der Waals surface area contributed by atoms with Crippen LogP contribution in [0.3, 0.4) is 0 Å². The van der Waals surface area contributed by atoms with E-state index in [0.29, 0.717) is 19.8 Å². The fourth-order valence-electron chi connectivity index (χ4n) is 4.96. The second-order valence-corrected chi connectivity index (χ2v) is 15.6. The van der Waals surface area contributed by atoms with Gasteiger partial charge in [0.05, 0.1) is 0 Å². The number of benzene rings is 1. The number of hydrogen-bond acceptors (Lipinski definition) is 5. The van der Waals surface area contributed by atoms with Crippen molar-refractivity contribution in [3.63, 3.8) is 0 Å². The SMILES string of the molecule is CCCCCCCCCCCCCCCCCC[Si](OCC)(OCC)OCC.CO[SiH](Cc1ccccc1)OC. The average Bonchev–Trinajstić information content (AvgIpc) is 2.97. The molecule has 1 aromatic rings. The Morgan fingerprint density at radius 2 is 0.900 bits per heavy atom. The molecule has 0 aliphatic carbocycles. The minimum atomic E-state index is -2.40. The summed E-state index contributed by atoms with van der Waals surface area (Å²) in [5.41, 5.74) is 1.29. The van der Waals surface area contributed by atoms with Gasteiger partial charge in [-0.1, -0.05) is 134 Å². The molecular weight excluding hydrogens is 533 g/mol. The van der Waals surface area contributed by atoms with Crippen LogP contribution in [0, 0.1) is 0 Å². The maximum absolute atomic E-state index is 5.93. The van der Waals surface area contributed by atoms with Gasteiger partial charge in [0.2, 0.25) is 0 Å². The highest BCUT2D eigenvalue weighted by Crippen LogP contribution is 2.21. The van der Waals surface area contributed by atoms with Crippen LogP contribution in [0.2, 0.25) is 6.04 Å².